The van der Waals surface area contributed by atoms with Crippen molar-refractivity contribution in [1.29, 1.82) is 0 Å². The van der Waals surface area contributed by atoms with Crippen LogP contribution in [0.5, 0.6) is 0 Å². The molecular formula is C24H21FN4O. The molecule has 0 unspecified atom stereocenters. The molecule has 1 heterocycles. The normalized spacial score (nSPS) is 10.7. The number of benzene rings is 3. The van der Waals surface area contributed by atoms with E-state index in [9.17, 15) is 9.18 Å². The molecule has 0 aliphatic heterocycles. The number of hydrogen-bond donors (Lipinski definition) is 1. The van der Waals surface area contributed by atoms with Gasteiger partial charge < -0.3 is 5.32 Å². The number of carbonyl (C=O) groups excluding carboxylic acids is 1. The number of aromatic nitrogens is 3. The molecule has 4 rings (SSSR count). The Balaban J connectivity index is 1.55. The molecule has 0 atom stereocenters. The molecule has 0 aliphatic carbocycles. The van der Waals surface area contributed by atoms with Crippen LogP contribution in [0.25, 0.3) is 11.4 Å². The lowest BCUT2D eigenvalue weighted by Gasteiger charge is -2.07. The SMILES string of the molecule is O=C(CCc1ccccc1)n1nc(-c2ccccc2)nc1NCc1ccc(F)cc1. The number of hydrogen-bond acceptors (Lipinski definition) is 4. The van der Waals surface area contributed by atoms with E-state index >= 15 is 0 Å². The lowest BCUT2D eigenvalue weighted by molar-refractivity contribution is 0.0890. The van der Waals surface area contributed by atoms with Gasteiger partial charge in [-0.1, -0.05) is 72.8 Å². The van der Waals surface area contributed by atoms with Crippen molar-refractivity contribution in [2.24, 2.45) is 0 Å². The van der Waals surface area contributed by atoms with Crippen LogP contribution in [0.4, 0.5) is 10.3 Å². The van der Waals surface area contributed by atoms with Gasteiger partial charge in [-0.3, -0.25) is 4.79 Å². The Kier molecular flexibility index (Phi) is 5.94. The van der Waals surface area contributed by atoms with Crippen molar-refractivity contribution >= 4 is 11.9 Å². The van der Waals surface area contributed by atoms with E-state index in [0.717, 1.165) is 16.7 Å². The van der Waals surface area contributed by atoms with Gasteiger partial charge in [0.05, 0.1) is 0 Å². The second-order valence-electron chi connectivity index (χ2n) is 6.90. The van der Waals surface area contributed by atoms with Crippen LogP contribution in [0.15, 0.2) is 84.9 Å². The first-order valence-corrected chi connectivity index (χ1v) is 9.77. The molecule has 3 aromatic carbocycles. The molecule has 0 saturated carbocycles. The predicted molar refractivity (Wildman–Crippen MR) is 115 cm³/mol. The molecule has 0 aliphatic rings. The molecule has 0 amide bonds. The first kappa shape index (κ1) is 19.5. The van der Waals surface area contributed by atoms with E-state index in [1.165, 1.54) is 16.8 Å². The highest BCUT2D eigenvalue weighted by Crippen LogP contribution is 2.19. The second-order valence-corrected chi connectivity index (χ2v) is 6.90. The summed E-state index contributed by atoms with van der Waals surface area (Å²) in [6, 6.07) is 25.6. The highest BCUT2D eigenvalue weighted by molar-refractivity contribution is 5.81. The summed E-state index contributed by atoms with van der Waals surface area (Å²) in [6.45, 7) is 0.402. The molecule has 5 nitrogen and oxygen atoms in total. The quantitative estimate of drug-likeness (QED) is 0.476. The van der Waals surface area contributed by atoms with Crippen LogP contribution in [-0.4, -0.2) is 20.7 Å². The monoisotopic (exact) mass is 400 g/mol. The van der Waals surface area contributed by atoms with Crippen molar-refractivity contribution in [2.45, 2.75) is 19.4 Å². The van der Waals surface area contributed by atoms with Crippen LogP contribution in [0, 0.1) is 5.82 Å². The minimum atomic E-state index is -0.288. The van der Waals surface area contributed by atoms with Gasteiger partial charge in [0, 0.05) is 18.5 Å². The van der Waals surface area contributed by atoms with Crippen LogP contribution in [-0.2, 0) is 13.0 Å². The third kappa shape index (κ3) is 4.78. The van der Waals surface area contributed by atoms with Crippen LogP contribution < -0.4 is 5.32 Å². The Morgan fingerprint density at radius 1 is 0.867 bits per heavy atom. The molecule has 30 heavy (non-hydrogen) atoms. The number of aryl methyl sites for hydroxylation is 1. The fraction of sp³-hybridized carbons (Fsp3) is 0.125. The van der Waals surface area contributed by atoms with Crippen molar-refractivity contribution in [3.8, 4) is 11.4 Å². The Bertz CT molecular complexity index is 1110. The number of nitrogens with one attached hydrogen (secondary N) is 1. The molecule has 4 aromatic rings. The summed E-state index contributed by atoms with van der Waals surface area (Å²) < 4.78 is 14.5. The summed E-state index contributed by atoms with van der Waals surface area (Å²) in [4.78, 5) is 17.4. The highest BCUT2D eigenvalue weighted by atomic mass is 19.1. The topological polar surface area (TPSA) is 59.8 Å². The number of rotatable bonds is 7. The van der Waals surface area contributed by atoms with E-state index < -0.39 is 0 Å². The van der Waals surface area contributed by atoms with Gasteiger partial charge in [-0.05, 0) is 29.7 Å². The van der Waals surface area contributed by atoms with Gasteiger partial charge >= 0.3 is 0 Å². The number of carbonyl (C=O) groups is 1. The Labute approximate surface area is 174 Å². The number of nitrogens with zero attached hydrogens (tertiary/aromatic N) is 3. The lowest BCUT2D eigenvalue weighted by Crippen LogP contribution is -2.17. The summed E-state index contributed by atoms with van der Waals surface area (Å²) in [5, 5.41) is 7.62. The van der Waals surface area contributed by atoms with Crippen LogP contribution in [0.1, 0.15) is 22.3 Å². The zero-order chi connectivity index (χ0) is 20.8. The van der Waals surface area contributed by atoms with Crippen molar-refractivity contribution in [3.63, 3.8) is 0 Å². The highest BCUT2D eigenvalue weighted by Gasteiger charge is 2.17. The summed E-state index contributed by atoms with van der Waals surface area (Å²) in [5.74, 6) is 0.418. The Hall–Kier alpha value is -3.80. The third-order valence-corrected chi connectivity index (χ3v) is 4.71. The zero-order valence-corrected chi connectivity index (χ0v) is 16.3. The molecule has 0 bridgehead atoms. The first-order chi connectivity index (χ1) is 14.7. The fourth-order valence-corrected chi connectivity index (χ4v) is 3.10. The molecule has 0 spiro atoms. The summed E-state index contributed by atoms with van der Waals surface area (Å²) in [7, 11) is 0. The molecule has 1 N–H and O–H groups in total. The van der Waals surface area contributed by atoms with Gasteiger partial charge in [0.15, 0.2) is 5.82 Å². The maximum absolute atomic E-state index is 13.1. The first-order valence-electron chi connectivity index (χ1n) is 9.77. The Morgan fingerprint density at radius 3 is 2.23 bits per heavy atom. The van der Waals surface area contributed by atoms with Crippen molar-refractivity contribution < 1.29 is 9.18 Å². The van der Waals surface area contributed by atoms with Gasteiger partial charge in [-0.2, -0.15) is 9.67 Å². The van der Waals surface area contributed by atoms with Crippen molar-refractivity contribution in [3.05, 3.63) is 102 Å². The lowest BCUT2D eigenvalue weighted by atomic mass is 10.1. The van der Waals surface area contributed by atoms with Crippen molar-refractivity contribution in [2.75, 3.05) is 5.32 Å². The van der Waals surface area contributed by atoms with E-state index in [1.807, 2.05) is 60.7 Å². The summed E-state index contributed by atoms with van der Waals surface area (Å²) in [6.07, 6.45) is 0.935. The fourth-order valence-electron chi connectivity index (χ4n) is 3.10. The molecule has 0 fully saturated rings. The minimum absolute atomic E-state index is 0.143. The predicted octanol–water partition coefficient (Wildman–Crippen LogP) is 4.97. The molecule has 6 heteroatoms. The van der Waals surface area contributed by atoms with Crippen LogP contribution in [0.3, 0.4) is 0 Å². The maximum atomic E-state index is 13.1. The summed E-state index contributed by atoms with van der Waals surface area (Å²) >= 11 is 0. The van der Waals surface area contributed by atoms with Gasteiger partial charge in [0.25, 0.3) is 0 Å². The number of halogens is 1. The number of anilines is 1. The van der Waals surface area contributed by atoms with Gasteiger partial charge in [0.2, 0.25) is 11.9 Å². The third-order valence-electron chi connectivity index (χ3n) is 4.71. The minimum Gasteiger partial charge on any atom is -0.350 e. The standard InChI is InChI=1S/C24H21FN4O/c25-21-14-11-19(12-15-21)17-26-24-27-23(20-9-5-2-6-10-20)28-29(24)22(30)16-13-18-7-3-1-4-8-18/h1-12,14-15H,13,16-17H2,(H,26,27,28). The molecule has 0 saturated heterocycles. The van der Waals surface area contributed by atoms with Gasteiger partial charge in [-0.25, -0.2) is 4.39 Å². The zero-order valence-electron chi connectivity index (χ0n) is 16.3. The summed E-state index contributed by atoms with van der Waals surface area (Å²) in [5.41, 5.74) is 2.80. The average molecular weight is 400 g/mol. The van der Waals surface area contributed by atoms with E-state index in [0.29, 0.717) is 31.2 Å². The average Bonchev–Trinajstić information content (AvgIpc) is 3.23. The molecule has 150 valence electrons. The van der Waals surface area contributed by atoms with E-state index in [1.54, 1.807) is 12.1 Å². The molecule has 0 radical (unpaired) electrons. The van der Waals surface area contributed by atoms with Crippen LogP contribution >= 0.6 is 0 Å². The van der Waals surface area contributed by atoms with Gasteiger partial charge in [0.1, 0.15) is 5.82 Å². The van der Waals surface area contributed by atoms with Crippen LogP contribution in [0.2, 0.25) is 0 Å². The van der Waals surface area contributed by atoms with Crippen molar-refractivity contribution in [1.82, 2.24) is 14.8 Å². The Morgan fingerprint density at radius 2 is 1.53 bits per heavy atom. The van der Waals surface area contributed by atoms with E-state index in [2.05, 4.69) is 15.4 Å². The largest absolute Gasteiger partial charge is 0.350 e. The maximum Gasteiger partial charge on any atom is 0.250 e. The second kappa shape index (κ2) is 9.13. The molecular weight excluding hydrogens is 379 g/mol. The van der Waals surface area contributed by atoms with E-state index in [4.69, 9.17) is 0 Å². The smallest absolute Gasteiger partial charge is 0.250 e. The van der Waals surface area contributed by atoms with E-state index in [-0.39, 0.29) is 11.7 Å². The molecule has 1 aromatic heterocycles. The van der Waals surface area contributed by atoms with Gasteiger partial charge in [-0.15, -0.1) is 5.10 Å².